The molecule has 0 fully saturated rings. The van der Waals surface area contributed by atoms with Crippen molar-refractivity contribution in [1.29, 1.82) is 0 Å². The van der Waals surface area contributed by atoms with Crippen molar-refractivity contribution in [3.05, 3.63) is 70.8 Å². The molecule has 0 amide bonds. The van der Waals surface area contributed by atoms with Crippen LogP contribution in [0.3, 0.4) is 0 Å². The summed E-state index contributed by atoms with van der Waals surface area (Å²) in [5, 5.41) is 11.0. The molecule has 1 heterocycles. The zero-order chi connectivity index (χ0) is 18.7. The van der Waals surface area contributed by atoms with E-state index in [9.17, 15) is 14.7 Å². The second kappa shape index (κ2) is 5.50. The smallest absolute Gasteiger partial charge is 0.313 e. The Kier molecular flexibility index (Phi) is 3.58. The average molecular weight is 352 g/mol. The van der Waals surface area contributed by atoms with Crippen LogP contribution in [0.5, 0.6) is 0 Å². The third kappa shape index (κ3) is 2.17. The van der Waals surface area contributed by atoms with Gasteiger partial charge in [-0.05, 0) is 26.3 Å². The lowest BCUT2D eigenvalue weighted by molar-refractivity contribution is -0.218. The van der Waals surface area contributed by atoms with E-state index in [0.29, 0.717) is 22.3 Å². The Bertz CT molecular complexity index is 911. The maximum absolute atomic E-state index is 13.2. The molecule has 2 aromatic carbocycles. The maximum atomic E-state index is 13.2. The standard InChI is InChI=1S/C21H20O5/c1-20(2,3)19(24)25-18-14-10-6-7-11-15(14)21(26-18)16(22)12-8-4-5-9-13(12)17(21)23/h4-11,16,18,22H,1-3H3/t16-,18-,21-/m1/s1. The molecule has 5 nitrogen and oxygen atoms in total. The van der Waals surface area contributed by atoms with Gasteiger partial charge in [0, 0.05) is 16.7 Å². The Morgan fingerprint density at radius 3 is 2.35 bits per heavy atom. The van der Waals surface area contributed by atoms with Crippen LogP contribution in [0.4, 0.5) is 0 Å². The van der Waals surface area contributed by atoms with E-state index in [2.05, 4.69) is 0 Å². The van der Waals surface area contributed by atoms with E-state index in [1.807, 2.05) is 0 Å². The SMILES string of the molecule is CC(C)(C)C(=O)O[C@@H]1O[C@]2(C(=O)c3ccccc3[C@H]2O)c2ccccc21. The number of esters is 1. The summed E-state index contributed by atoms with van der Waals surface area (Å²) in [6.07, 6.45) is -2.20. The third-order valence-corrected chi connectivity index (χ3v) is 4.96. The number of ether oxygens (including phenoxy) is 2. The summed E-state index contributed by atoms with van der Waals surface area (Å²) in [6.45, 7) is 5.24. The lowest BCUT2D eigenvalue weighted by Crippen LogP contribution is -2.37. The molecule has 0 saturated heterocycles. The van der Waals surface area contributed by atoms with E-state index in [4.69, 9.17) is 9.47 Å². The fourth-order valence-corrected chi connectivity index (χ4v) is 3.57. The third-order valence-electron chi connectivity index (χ3n) is 4.96. The molecular formula is C21H20O5. The number of Topliss-reactive ketones (excluding diaryl/α,β-unsaturated/α-hetero) is 1. The van der Waals surface area contributed by atoms with Crippen molar-refractivity contribution >= 4 is 11.8 Å². The van der Waals surface area contributed by atoms with Crippen LogP contribution in [-0.4, -0.2) is 16.9 Å². The van der Waals surface area contributed by atoms with E-state index in [1.54, 1.807) is 69.3 Å². The van der Waals surface area contributed by atoms with Crippen LogP contribution >= 0.6 is 0 Å². The zero-order valence-corrected chi connectivity index (χ0v) is 14.9. The molecule has 0 saturated carbocycles. The lowest BCUT2D eigenvalue weighted by Gasteiger charge is -2.28. The molecule has 26 heavy (non-hydrogen) atoms. The minimum atomic E-state index is -1.58. The van der Waals surface area contributed by atoms with E-state index in [0.717, 1.165) is 0 Å². The van der Waals surface area contributed by atoms with Gasteiger partial charge in [0.15, 0.2) is 5.60 Å². The number of hydrogen-bond donors (Lipinski definition) is 1. The molecule has 1 aliphatic carbocycles. The van der Waals surface area contributed by atoms with Crippen LogP contribution in [0.2, 0.25) is 0 Å². The number of carbonyl (C=O) groups is 2. The summed E-state index contributed by atoms with van der Waals surface area (Å²) in [4.78, 5) is 25.6. The van der Waals surface area contributed by atoms with Crippen LogP contribution in [0, 0.1) is 5.41 Å². The Morgan fingerprint density at radius 2 is 1.69 bits per heavy atom. The van der Waals surface area contributed by atoms with Crippen molar-refractivity contribution in [2.24, 2.45) is 5.41 Å². The minimum absolute atomic E-state index is 0.317. The Balaban J connectivity index is 1.81. The molecule has 0 bridgehead atoms. The van der Waals surface area contributed by atoms with Gasteiger partial charge in [-0.2, -0.15) is 0 Å². The summed E-state index contributed by atoms with van der Waals surface area (Å²) in [5.74, 6) is -0.755. The van der Waals surface area contributed by atoms with Crippen LogP contribution in [0.1, 0.15) is 60.2 Å². The van der Waals surface area contributed by atoms with Gasteiger partial charge in [0.2, 0.25) is 12.1 Å². The van der Waals surface area contributed by atoms with Gasteiger partial charge in [0.05, 0.1) is 5.41 Å². The van der Waals surface area contributed by atoms with Gasteiger partial charge in [0.25, 0.3) is 0 Å². The number of fused-ring (bicyclic) bond motifs is 3. The highest BCUT2D eigenvalue weighted by molar-refractivity contribution is 6.08. The highest BCUT2D eigenvalue weighted by Gasteiger charge is 2.61. The summed E-state index contributed by atoms with van der Waals surface area (Å²) < 4.78 is 11.6. The molecule has 134 valence electrons. The first-order valence-electron chi connectivity index (χ1n) is 8.57. The topological polar surface area (TPSA) is 72.8 Å². The summed E-state index contributed by atoms with van der Waals surface area (Å²) in [5.41, 5.74) is -0.211. The predicted octanol–water partition coefficient (Wildman–Crippen LogP) is 3.43. The Morgan fingerprint density at radius 1 is 1.08 bits per heavy atom. The average Bonchev–Trinajstić information content (AvgIpc) is 3.05. The normalized spacial score (nSPS) is 26.7. The van der Waals surface area contributed by atoms with Gasteiger partial charge in [-0.15, -0.1) is 0 Å². The van der Waals surface area contributed by atoms with Crippen LogP contribution < -0.4 is 0 Å². The zero-order valence-electron chi connectivity index (χ0n) is 14.9. The van der Waals surface area contributed by atoms with E-state index in [1.165, 1.54) is 0 Å². The van der Waals surface area contributed by atoms with Gasteiger partial charge in [-0.25, -0.2) is 0 Å². The number of aliphatic hydroxyl groups excluding tert-OH is 1. The summed E-state index contributed by atoms with van der Waals surface area (Å²) in [6, 6.07) is 14.0. The quantitative estimate of drug-likeness (QED) is 0.796. The molecule has 0 unspecified atom stereocenters. The van der Waals surface area contributed by atoms with E-state index in [-0.39, 0.29) is 5.78 Å². The monoisotopic (exact) mass is 352 g/mol. The molecule has 2 aromatic rings. The van der Waals surface area contributed by atoms with Crippen molar-refractivity contribution in [1.82, 2.24) is 0 Å². The number of carbonyl (C=O) groups excluding carboxylic acids is 2. The fraction of sp³-hybridized carbons (Fsp3) is 0.333. The van der Waals surface area contributed by atoms with Crippen molar-refractivity contribution < 1.29 is 24.2 Å². The van der Waals surface area contributed by atoms with Crippen molar-refractivity contribution in [2.45, 2.75) is 38.8 Å². The highest BCUT2D eigenvalue weighted by Crippen LogP contribution is 2.56. The second-order valence-electron chi connectivity index (χ2n) is 7.75. The minimum Gasteiger partial charge on any atom is -0.431 e. The molecule has 1 N–H and O–H groups in total. The number of rotatable bonds is 1. The van der Waals surface area contributed by atoms with Gasteiger partial charge in [-0.1, -0.05) is 48.5 Å². The van der Waals surface area contributed by atoms with Gasteiger partial charge in [-0.3, -0.25) is 9.59 Å². The predicted molar refractivity (Wildman–Crippen MR) is 93.2 cm³/mol. The molecular weight excluding hydrogens is 332 g/mol. The number of benzene rings is 2. The van der Waals surface area contributed by atoms with Gasteiger partial charge < -0.3 is 14.6 Å². The highest BCUT2D eigenvalue weighted by atomic mass is 16.7. The largest absolute Gasteiger partial charge is 0.431 e. The molecule has 3 atom stereocenters. The van der Waals surface area contributed by atoms with E-state index < -0.39 is 29.4 Å². The number of aliphatic hydroxyl groups is 1. The van der Waals surface area contributed by atoms with Crippen LogP contribution in [0.15, 0.2) is 48.5 Å². The van der Waals surface area contributed by atoms with Crippen molar-refractivity contribution in [3.8, 4) is 0 Å². The Hall–Kier alpha value is -2.50. The molecule has 0 radical (unpaired) electrons. The maximum Gasteiger partial charge on any atom is 0.313 e. The number of hydrogen-bond acceptors (Lipinski definition) is 5. The molecule has 0 aromatic heterocycles. The Labute approximate surface area is 151 Å². The van der Waals surface area contributed by atoms with Crippen LogP contribution in [0.25, 0.3) is 0 Å². The summed E-state index contributed by atoms with van der Waals surface area (Å²) >= 11 is 0. The molecule has 4 rings (SSSR count). The molecule has 5 heteroatoms. The first kappa shape index (κ1) is 16.9. The van der Waals surface area contributed by atoms with Gasteiger partial charge in [0.1, 0.15) is 6.10 Å². The van der Waals surface area contributed by atoms with Crippen LogP contribution in [-0.2, 0) is 19.9 Å². The molecule has 1 aliphatic heterocycles. The fourth-order valence-electron chi connectivity index (χ4n) is 3.57. The first-order valence-corrected chi connectivity index (χ1v) is 8.57. The van der Waals surface area contributed by atoms with E-state index >= 15 is 0 Å². The second-order valence-corrected chi connectivity index (χ2v) is 7.75. The molecule has 2 aliphatic rings. The van der Waals surface area contributed by atoms with Gasteiger partial charge >= 0.3 is 5.97 Å². The number of ketones is 1. The molecule has 1 spiro atoms. The van der Waals surface area contributed by atoms with Crippen molar-refractivity contribution in [2.75, 3.05) is 0 Å². The lowest BCUT2D eigenvalue weighted by atomic mass is 9.87. The first-order chi connectivity index (χ1) is 12.3. The summed E-state index contributed by atoms with van der Waals surface area (Å²) in [7, 11) is 0. The van der Waals surface area contributed by atoms with Crippen molar-refractivity contribution in [3.63, 3.8) is 0 Å².